The van der Waals surface area contributed by atoms with Crippen molar-refractivity contribution in [1.29, 1.82) is 0 Å². The third-order valence-corrected chi connectivity index (χ3v) is 7.46. The van der Waals surface area contributed by atoms with Crippen LogP contribution in [0, 0.1) is 0 Å². The second kappa shape index (κ2) is 8.62. The van der Waals surface area contributed by atoms with Crippen molar-refractivity contribution < 1.29 is 17.9 Å². The highest BCUT2D eigenvalue weighted by Crippen LogP contribution is 2.35. The quantitative estimate of drug-likeness (QED) is 0.444. The molecule has 0 bridgehead atoms. The highest BCUT2D eigenvalue weighted by Gasteiger charge is 2.35. The molecule has 30 heavy (non-hydrogen) atoms. The first-order valence-corrected chi connectivity index (χ1v) is 12.6. The average Bonchev–Trinajstić information content (AvgIpc) is 3.18. The van der Waals surface area contributed by atoms with Gasteiger partial charge < -0.3 is 4.74 Å². The molecule has 0 radical (unpaired) electrons. The van der Waals surface area contributed by atoms with Gasteiger partial charge in [-0.05, 0) is 17.7 Å². The minimum atomic E-state index is -3.56. The van der Waals surface area contributed by atoms with E-state index in [-0.39, 0.29) is 6.54 Å². The third kappa shape index (κ3) is 4.74. The van der Waals surface area contributed by atoms with E-state index in [9.17, 15) is 13.2 Å². The van der Waals surface area contributed by atoms with Crippen LogP contribution in [0.3, 0.4) is 0 Å². The third-order valence-electron chi connectivity index (χ3n) is 4.27. The van der Waals surface area contributed by atoms with Crippen molar-refractivity contribution >= 4 is 49.8 Å². The number of aromatic nitrogens is 2. The first kappa shape index (κ1) is 20.6. The molecule has 11 heteroatoms. The molecule has 3 aromatic rings. The Balaban J connectivity index is 1.42. The molecule has 8 nitrogen and oxygen atoms in total. The number of fused-ring (bicyclic) bond motifs is 1. The highest BCUT2D eigenvalue weighted by atomic mass is 32.2. The average molecular weight is 463 g/mol. The molecule has 0 saturated heterocycles. The Morgan fingerprint density at radius 3 is 2.70 bits per heavy atom. The van der Waals surface area contributed by atoms with E-state index >= 15 is 0 Å². The van der Waals surface area contributed by atoms with E-state index in [0.29, 0.717) is 16.6 Å². The second-order valence-electron chi connectivity index (χ2n) is 6.50. The van der Waals surface area contributed by atoms with Gasteiger partial charge in [0.25, 0.3) is 5.91 Å². The van der Waals surface area contributed by atoms with Crippen LogP contribution in [-0.2, 0) is 20.6 Å². The van der Waals surface area contributed by atoms with E-state index in [1.807, 2.05) is 30.3 Å². The fourth-order valence-corrected chi connectivity index (χ4v) is 5.50. The fourth-order valence-electron chi connectivity index (χ4n) is 2.88. The molecule has 1 aliphatic heterocycles. The van der Waals surface area contributed by atoms with Crippen LogP contribution in [0.25, 0.3) is 0 Å². The summed E-state index contributed by atoms with van der Waals surface area (Å²) >= 11 is 2.78. The predicted octanol–water partition coefficient (Wildman–Crippen LogP) is 3.00. The number of anilines is 2. The minimum Gasteiger partial charge on any atom is -0.476 e. The summed E-state index contributed by atoms with van der Waals surface area (Å²) in [4.78, 5) is 12.7. The largest absolute Gasteiger partial charge is 0.476 e. The lowest BCUT2D eigenvalue weighted by Gasteiger charge is -2.33. The maximum absolute atomic E-state index is 12.7. The van der Waals surface area contributed by atoms with Crippen LogP contribution in [-0.4, -0.2) is 43.4 Å². The predicted molar refractivity (Wildman–Crippen MR) is 118 cm³/mol. The molecule has 1 aromatic heterocycles. The van der Waals surface area contributed by atoms with Crippen molar-refractivity contribution in [3.8, 4) is 5.75 Å². The molecule has 0 saturated carbocycles. The zero-order chi connectivity index (χ0) is 21.1. The summed E-state index contributed by atoms with van der Waals surface area (Å²) in [7, 11) is -3.56. The maximum Gasteiger partial charge on any atom is 0.269 e. The standard InChI is InChI=1S/C19H18N4O4S3/c1-30(25,26)23-11-16(27-15-10-6-5-9-14(15)23)17(24)20-18-21-22-19(29-18)28-12-13-7-3-2-4-8-13/h2-10,16H,11-12H2,1H3,(H,20,21,24)/t16-/m1/s1. The van der Waals surface area contributed by atoms with Gasteiger partial charge in [-0.15, -0.1) is 10.2 Å². The van der Waals surface area contributed by atoms with Crippen LogP contribution in [0.5, 0.6) is 5.75 Å². The van der Waals surface area contributed by atoms with Gasteiger partial charge in [-0.3, -0.25) is 14.4 Å². The van der Waals surface area contributed by atoms with E-state index in [0.717, 1.165) is 16.3 Å². The first-order chi connectivity index (χ1) is 14.4. The maximum atomic E-state index is 12.7. The Labute approximate surface area is 182 Å². The molecule has 1 amide bonds. The number of benzene rings is 2. The minimum absolute atomic E-state index is 0.115. The Kier molecular flexibility index (Phi) is 5.93. The molecule has 4 rings (SSSR count). The molecule has 0 unspecified atom stereocenters. The Bertz CT molecular complexity index is 1150. The van der Waals surface area contributed by atoms with E-state index < -0.39 is 22.0 Å². The number of hydrogen-bond acceptors (Lipinski definition) is 8. The van der Waals surface area contributed by atoms with Crippen molar-refractivity contribution in [3.05, 3.63) is 60.2 Å². The van der Waals surface area contributed by atoms with E-state index in [2.05, 4.69) is 15.5 Å². The monoisotopic (exact) mass is 462 g/mol. The van der Waals surface area contributed by atoms with Gasteiger partial charge in [-0.1, -0.05) is 65.6 Å². The summed E-state index contributed by atoms with van der Waals surface area (Å²) in [6, 6.07) is 16.7. The number of sulfonamides is 1. The lowest BCUT2D eigenvalue weighted by molar-refractivity contribution is -0.122. The zero-order valence-corrected chi connectivity index (χ0v) is 18.3. The fraction of sp³-hybridized carbons (Fsp3) is 0.211. The summed E-state index contributed by atoms with van der Waals surface area (Å²) in [5, 5.41) is 11.1. The Hall–Kier alpha value is -2.63. The molecule has 2 aromatic carbocycles. The van der Waals surface area contributed by atoms with Gasteiger partial charge in [0.2, 0.25) is 15.2 Å². The van der Waals surface area contributed by atoms with Gasteiger partial charge >= 0.3 is 0 Å². The van der Waals surface area contributed by atoms with Crippen LogP contribution < -0.4 is 14.4 Å². The van der Waals surface area contributed by atoms with Crippen molar-refractivity contribution in [2.24, 2.45) is 0 Å². The normalized spacial score (nSPS) is 15.9. The number of para-hydroxylation sites is 2. The molecule has 1 atom stereocenters. The lowest BCUT2D eigenvalue weighted by atomic mass is 10.2. The van der Waals surface area contributed by atoms with Crippen molar-refractivity contribution in [2.45, 2.75) is 16.2 Å². The molecule has 2 heterocycles. The molecular weight excluding hydrogens is 444 g/mol. The molecule has 156 valence electrons. The summed E-state index contributed by atoms with van der Waals surface area (Å²) in [6.45, 7) is -0.115. The van der Waals surface area contributed by atoms with Crippen molar-refractivity contribution in [1.82, 2.24) is 10.2 Å². The van der Waals surface area contributed by atoms with E-state index in [1.165, 1.54) is 33.0 Å². The Morgan fingerprint density at radius 1 is 1.20 bits per heavy atom. The number of nitrogens with zero attached hydrogens (tertiary/aromatic N) is 3. The Morgan fingerprint density at radius 2 is 1.93 bits per heavy atom. The van der Waals surface area contributed by atoms with Crippen molar-refractivity contribution in [2.75, 3.05) is 22.4 Å². The number of thioether (sulfide) groups is 1. The summed E-state index contributed by atoms with van der Waals surface area (Å²) in [5.74, 6) is 0.606. The van der Waals surface area contributed by atoms with Gasteiger partial charge in [0.05, 0.1) is 18.5 Å². The van der Waals surface area contributed by atoms with Gasteiger partial charge in [0.15, 0.2) is 10.4 Å². The number of rotatable bonds is 6. The smallest absolute Gasteiger partial charge is 0.269 e. The van der Waals surface area contributed by atoms with Crippen LogP contribution in [0.1, 0.15) is 5.56 Å². The van der Waals surface area contributed by atoms with Crippen LogP contribution in [0.15, 0.2) is 58.9 Å². The summed E-state index contributed by atoms with van der Waals surface area (Å²) in [6.07, 6.45) is 0.101. The lowest BCUT2D eigenvalue weighted by Crippen LogP contribution is -2.48. The van der Waals surface area contributed by atoms with Crippen LogP contribution in [0.4, 0.5) is 10.8 Å². The number of ether oxygens (including phenoxy) is 1. The van der Waals surface area contributed by atoms with Gasteiger partial charge in [-0.2, -0.15) is 0 Å². The van der Waals surface area contributed by atoms with Gasteiger partial charge in [0, 0.05) is 5.75 Å². The van der Waals surface area contributed by atoms with Crippen LogP contribution >= 0.6 is 23.1 Å². The number of carbonyl (C=O) groups is 1. The molecule has 1 N–H and O–H groups in total. The summed E-state index contributed by atoms with van der Waals surface area (Å²) < 4.78 is 32.0. The summed E-state index contributed by atoms with van der Waals surface area (Å²) in [5.41, 5.74) is 1.58. The molecular formula is C19H18N4O4S3. The SMILES string of the molecule is CS(=O)(=O)N1C[C@H](C(=O)Nc2nnc(SCc3ccccc3)s2)Oc2ccccc21. The topological polar surface area (TPSA) is 101 Å². The second-order valence-corrected chi connectivity index (χ2v) is 10.6. The van der Waals surface area contributed by atoms with E-state index in [4.69, 9.17) is 4.74 Å². The molecule has 0 fully saturated rings. The number of carbonyl (C=O) groups excluding carboxylic acids is 1. The van der Waals surface area contributed by atoms with Gasteiger partial charge in [0.1, 0.15) is 5.75 Å². The van der Waals surface area contributed by atoms with Crippen molar-refractivity contribution in [3.63, 3.8) is 0 Å². The number of nitrogens with one attached hydrogen (secondary N) is 1. The van der Waals surface area contributed by atoms with Crippen LogP contribution in [0.2, 0.25) is 0 Å². The first-order valence-electron chi connectivity index (χ1n) is 8.94. The number of hydrogen-bond donors (Lipinski definition) is 1. The molecule has 1 aliphatic rings. The highest BCUT2D eigenvalue weighted by molar-refractivity contribution is 8.00. The zero-order valence-electron chi connectivity index (χ0n) is 15.9. The molecule has 0 spiro atoms. The van der Waals surface area contributed by atoms with E-state index in [1.54, 1.807) is 24.3 Å². The molecule has 0 aliphatic carbocycles. The van der Waals surface area contributed by atoms with Gasteiger partial charge in [-0.25, -0.2) is 8.42 Å². The number of amides is 1.